The summed E-state index contributed by atoms with van der Waals surface area (Å²) in [6, 6.07) is -0.296. The maximum Gasteiger partial charge on any atom is 0.326 e. The van der Waals surface area contributed by atoms with E-state index in [9.17, 15) is 9.59 Å². The quantitative estimate of drug-likeness (QED) is 0.776. The van der Waals surface area contributed by atoms with Crippen LogP contribution < -0.4 is 5.32 Å². The highest BCUT2D eigenvalue weighted by atomic mass is 16.4. The maximum absolute atomic E-state index is 12.1. The van der Waals surface area contributed by atoms with Crippen molar-refractivity contribution in [1.29, 1.82) is 0 Å². The molecule has 4 unspecified atom stereocenters. The Morgan fingerprint density at radius 1 is 1.33 bits per heavy atom. The Balaban J connectivity index is 2.63. The molecule has 18 heavy (non-hydrogen) atoms. The van der Waals surface area contributed by atoms with Gasteiger partial charge in [-0.1, -0.05) is 6.92 Å². The minimum Gasteiger partial charge on any atom is -0.480 e. The van der Waals surface area contributed by atoms with Crippen molar-refractivity contribution in [3.63, 3.8) is 0 Å². The lowest BCUT2D eigenvalue weighted by Gasteiger charge is -2.32. The second kappa shape index (κ2) is 6.18. The van der Waals surface area contributed by atoms with Crippen LogP contribution in [-0.4, -0.2) is 46.1 Å². The lowest BCUT2D eigenvalue weighted by atomic mass is 10.1. The molecule has 1 amide bonds. The highest BCUT2D eigenvalue weighted by Crippen LogP contribution is 2.25. The van der Waals surface area contributed by atoms with Crippen molar-refractivity contribution in [2.24, 2.45) is 0 Å². The van der Waals surface area contributed by atoms with E-state index in [4.69, 9.17) is 5.11 Å². The number of carboxylic acids is 1. The smallest absolute Gasteiger partial charge is 0.326 e. The predicted molar refractivity (Wildman–Crippen MR) is 69.3 cm³/mol. The first kappa shape index (κ1) is 15.0. The summed E-state index contributed by atoms with van der Waals surface area (Å²) < 4.78 is 0. The van der Waals surface area contributed by atoms with Crippen molar-refractivity contribution in [3.8, 4) is 0 Å². The van der Waals surface area contributed by atoms with Gasteiger partial charge < -0.3 is 10.4 Å². The maximum atomic E-state index is 12.1. The number of likely N-dealkylation sites (tertiary alicyclic amines) is 1. The summed E-state index contributed by atoms with van der Waals surface area (Å²) in [5.41, 5.74) is 0. The van der Waals surface area contributed by atoms with Gasteiger partial charge in [-0.2, -0.15) is 0 Å². The summed E-state index contributed by atoms with van der Waals surface area (Å²) in [6.45, 7) is 7.83. The molecule has 1 aliphatic heterocycles. The second-order valence-corrected chi connectivity index (χ2v) is 5.21. The highest BCUT2D eigenvalue weighted by molar-refractivity contribution is 5.86. The van der Waals surface area contributed by atoms with Gasteiger partial charge in [-0.15, -0.1) is 0 Å². The largest absolute Gasteiger partial charge is 0.480 e. The molecular weight excluding hydrogens is 232 g/mol. The molecule has 1 heterocycles. The Morgan fingerprint density at radius 2 is 1.83 bits per heavy atom. The second-order valence-electron chi connectivity index (χ2n) is 5.21. The predicted octanol–water partition coefficient (Wildman–Crippen LogP) is 1.23. The third-order valence-electron chi connectivity index (χ3n) is 3.87. The van der Waals surface area contributed by atoms with Gasteiger partial charge in [-0.05, 0) is 40.0 Å². The standard InChI is InChI=1S/C13H24N2O3/c1-5-11(13(17)18)14-12(16)10(4)15-8(2)6-7-9(15)3/h8-11H,5-7H2,1-4H3,(H,14,16)(H,17,18). The first-order chi connectivity index (χ1) is 8.38. The first-order valence-electron chi connectivity index (χ1n) is 6.69. The first-order valence-corrected chi connectivity index (χ1v) is 6.69. The number of carbonyl (C=O) groups is 2. The molecule has 104 valence electrons. The van der Waals surface area contributed by atoms with Gasteiger partial charge in [0.25, 0.3) is 0 Å². The molecule has 0 bridgehead atoms. The van der Waals surface area contributed by atoms with Crippen molar-refractivity contribution >= 4 is 11.9 Å². The van der Waals surface area contributed by atoms with Crippen molar-refractivity contribution in [2.45, 2.75) is 71.1 Å². The Morgan fingerprint density at radius 3 is 2.22 bits per heavy atom. The van der Waals surface area contributed by atoms with E-state index in [2.05, 4.69) is 24.1 Å². The Kier molecular flexibility index (Phi) is 5.14. The molecule has 0 aliphatic carbocycles. The average Bonchev–Trinajstić information content (AvgIpc) is 2.64. The number of amides is 1. The van der Waals surface area contributed by atoms with Gasteiger partial charge in [0.1, 0.15) is 6.04 Å². The molecule has 2 N–H and O–H groups in total. The summed E-state index contributed by atoms with van der Waals surface area (Å²) >= 11 is 0. The molecule has 1 fully saturated rings. The van der Waals surface area contributed by atoms with Crippen LogP contribution in [0.5, 0.6) is 0 Å². The molecule has 0 saturated carbocycles. The summed E-state index contributed by atoms with van der Waals surface area (Å²) in [7, 11) is 0. The van der Waals surface area contributed by atoms with Gasteiger partial charge in [0.05, 0.1) is 6.04 Å². The average molecular weight is 256 g/mol. The molecule has 0 aromatic carbocycles. The third kappa shape index (κ3) is 3.22. The Labute approximate surface area is 109 Å². The lowest BCUT2D eigenvalue weighted by Crippen LogP contribution is -2.52. The van der Waals surface area contributed by atoms with Crippen LogP contribution in [0.1, 0.15) is 47.0 Å². The van der Waals surface area contributed by atoms with Gasteiger partial charge in [0.2, 0.25) is 5.91 Å². The zero-order chi connectivity index (χ0) is 13.9. The number of hydrogen-bond acceptors (Lipinski definition) is 3. The molecular formula is C13H24N2O3. The van der Waals surface area contributed by atoms with E-state index in [1.807, 2.05) is 6.92 Å². The van der Waals surface area contributed by atoms with E-state index < -0.39 is 12.0 Å². The fourth-order valence-corrected chi connectivity index (χ4v) is 2.74. The van der Waals surface area contributed by atoms with Crippen LogP contribution in [-0.2, 0) is 9.59 Å². The molecule has 5 heteroatoms. The van der Waals surface area contributed by atoms with E-state index >= 15 is 0 Å². The van der Waals surface area contributed by atoms with Gasteiger partial charge in [-0.3, -0.25) is 9.69 Å². The number of carboxylic acid groups (broad SMARTS) is 1. The van der Waals surface area contributed by atoms with E-state index in [1.54, 1.807) is 6.92 Å². The van der Waals surface area contributed by atoms with Crippen molar-refractivity contribution in [3.05, 3.63) is 0 Å². The van der Waals surface area contributed by atoms with E-state index in [0.717, 1.165) is 12.8 Å². The monoisotopic (exact) mass is 256 g/mol. The fraction of sp³-hybridized carbons (Fsp3) is 0.846. The SMILES string of the molecule is CCC(NC(=O)C(C)N1C(C)CCC1C)C(=O)O. The van der Waals surface area contributed by atoms with Gasteiger partial charge in [0.15, 0.2) is 0 Å². The van der Waals surface area contributed by atoms with Gasteiger partial charge >= 0.3 is 5.97 Å². The van der Waals surface area contributed by atoms with Crippen LogP contribution in [0.3, 0.4) is 0 Å². The molecule has 1 rings (SSSR count). The number of hydrogen-bond donors (Lipinski definition) is 2. The van der Waals surface area contributed by atoms with E-state index in [0.29, 0.717) is 18.5 Å². The molecule has 1 saturated heterocycles. The normalized spacial score (nSPS) is 27.8. The molecule has 0 spiro atoms. The summed E-state index contributed by atoms with van der Waals surface area (Å²) in [5.74, 6) is -1.16. The van der Waals surface area contributed by atoms with Crippen LogP contribution in [0, 0.1) is 0 Å². The zero-order valence-electron chi connectivity index (χ0n) is 11.6. The van der Waals surface area contributed by atoms with Crippen LogP contribution in [0.2, 0.25) is 0 Å². The van der Waals surface area contributed by atoms with Crippen LogP contribution in [0.4, 0.5) is 0 Å². The Hall–Kier alpha value is -1.10. The van der Waals surface area contributed by atoms with Crippen LogP contribution >= 0.6 is 0 Å². The fourth-order valence-electron chi connectivity index (χ4n) is 2.74. The van der Waals surface area contributed by atoms with E-state index in [1.165, 1.54) is 0 Å². The molecule has 1 aliphatic rings. The zero-order valence-corrected chi connectivity index (χ0v) is 11.6. The molecule has 0 radical (unpaired) electrons. The van der Waals surface area contributed by atoms with Crippen molar-refractivity contribution < 1.29 is 14.7 Å². The van der Waals surface area contributed by atoms with Crippen molar-refractivity contribution in [2.75, 3.05) is 0 Å². The topological polar surface area (TPSA) is 69.6 Å². The number of nitrogens with zero attached hydrogens (tertiary/aromatic N) is 1. The minimum absolute atomic E-state index is 0.190. The summed E-state index contributed by atoms with van der Waals surface area (Å²) in [5, 5.41) is 11.5. The molecule has 0 aromatic heterocycles. The van der Waals surface area contributed by atoms with Crippen LogP contribution in [0.25, 0.3) is 0 Å². The minimum atomic E-state index is -0.972. The van der Waals surface area contributed by atoms with Gasteiger partial charge in [0, 0.05) is 12.1 Å². The highest BCUT2D eigenvalue weighted by Gasteiger charge is 2.35. The van der Waals surface area contributed by atoms with E-state index in [-0.39, 0.29) is 11.9 Å². The third-order valence-corrected chi connectivity index (χ3v) is 3.87. The number of carbonyl (C=O) groups excluding carboxylic acids is 1. The Bertz CT molecular complexity index is 309. The van der Waals surface area contributed by atoms with Crippen molar-refractivity contribution in [1.82, 2.24) is 10.2 Å². The van der Waals surface area contributed by atoms with Crippen LogP contribution in [0.15, 0.2) is 0 Å². The summed E-state index contributed by atoms with van der Waals surface area (Å²) in [4.78, 5) is 25.2. The number of nitrogens with one attached hydrogen (secondary N) is 1. The number of rotatable bonds is 5. The molecule has 5 nitrogen and oxygen atoms in total. The molecule has 0 aromatic rings. The lowest BCUT2D eigenvalue weighted by molar-refractivity contribution is -0.142. The van der Waals surface area contributed by atoms with Gasteiger partial charge in [-0.25, -0.2) is 4.79 Å². The number of aliphatic carboxylic acids is 1. The summed E-state index contributed by atoms with van der Waals surface area (Å²) in [6.07, 6.45) is 2.59. The molecule has 4 atom stereocenters.